The van der Waals surface area contributed by atoms with Crippen LogP contribution in [-0.2, 0) is 4.74 Å². The van der Waals surface area contributed by atoms with E-state index in [1.807, 2.05) is 45.0 Å². The zero-order chi connectivity index (χ0) is 27.6. The molecule has 2 aliphatic heterocycles. The standard InChI is InChI=1S/C15H19BrN4O2S.C10H11BrN4S.ClH/c1-15(2,3)22-14(21)20-8-6-19(7-9-20)13-17-10-4-5-11(16)18-12(10)23-13;11-8-2-1-7-9(14-8)16-10(13-7)15-5-3-12-4-6-15;/h4-5H,6-9H2,1-3H3;1-2,12H,3-6H2;1H. The quantitative estimate of drug-likeness (QED) is 0.257. The van der Waals surface area contributed by atoms with Crippen LogP contribution >= 0.6 is 66.9 Å². The molecule has 40 heavy (non-hydrogen) atoms. The summed E-state index contributed by atoms with van der Waals surface area (Å²) in [5.41, 5.74) is 1.44. The molecular formula is C25H31Br2ClN8O2S2. The first-order valence-corrected chi connectivity index (χ1v) is 15.9. The van der Waals surface area contributed by atoms with Crippen LogP contribution in [0, 0.1) is 0 Å². The van der Waals surface area contributed by atoms with E-state index in [-0.39, 0.29) is 18.5 Å². The number of ether oxygens (including phenoxy) is 1. The molecule has 10 nitrogen and oxygen atoms in total. The number of hydrogen-bond donors (Lipinski definition) is 1. The van der Waals surface area contributed by atoms with Crippen molar-refractivity contribution in [1.82, 2.24) is 30.2 Å². The lowest BCUT2D eigenvalue weighted by Crippen LogP contribution is -2.50. The van der Waals surface area contributed by atoms with Crippen molar-refractivity contribution in [3.63, 3.8) is 0 Å². The fourth-order valence-corrected chi connectivity index (χ4v) is 6.93. The second-order valence-corrected chi connectivity index (χ2v) is 13.6. The summed E-state index contributed by atoms with van der Waals surface area (Å²) < 4.78 is 7.11. The monoisotopic (exact) mass is 732 g/mol. The third kappa shape index (κ3) is 7.91. The Bertz CT molecular complexity index is 1450. The second kappa shape index (κ2) is 13.4. The summed E-state index contributed by atoms with van der Waals surface area (Å²) >= 11 is 10.0. The number of halogens is 3. The molecule has 0 spiro atoms. The lowest BCUT2D eigenvalue weighted by Gasteiger charge is -2.35. The first kappa shape index (κ1) is 31.1. The van der Waals surface area contributed by atoms with Crippen LogP contribution in [0.3, 0.4) is 0 Å². The van der Waals surface area contributed by atoms with Crippen molar-refractivity contribution in [3.8, 4) is 0 Å². The van der Waals surface area contributed by atoms with Crippen LogP contribution in [-0.4, -0.2) is 88.9 Å². The highest BCUT2D eigenvalue weighted by Crippen LogP contribution is 2.30. The highest BCUT2D eigenvalue weighted by molar-refractivity contribution is 9.10. The van der Waals surface area contributed by atoms with Gasteiger partial charge in [-0.3, -0.25) is 0 Å². The van der Waals surface area contributed by atoms with Gasteiger partial charge >= 0.3 is 6.09 Å². The van der Waals surface area contributed by atoms with E-state index in [0.717, 1.165) is 79.4 Å². The Kier molecular flexibility index (Phi) is 10.4. The summed E-state index contributed by atoms with van der Waals surface area (Å²) in [6.45, 7) is 12.6. The summed E-state index contributed by atoms with van der Waals surface area (Å²) in [6.07, 6.45) is -0.243. The SMILES string of the molecule is Brc1ccc2nc(N3CCNCC3)sc2n1.CC(C)(C)OC(=O)N1CCN(c2nc3ccc(Br)nc3s2)CC1.Cl. The molecule has 0 unspecified atom stereocenters. The number of thiazole rings is 2. The highest BCUT2D eigenvalue weighted by atomic mass is 79.9. The van der Waals surface area contributed by atoms with Gasteiger partial charge in [-0.05, 0) is 76.9 Å². The maximum Gasteiger partial charge on any atom is 0.410 e. The molecule has 216 valence electrons. The number of aromatic nitrogens is 4. The maximum atomic E-state index is 12.1. The fraction of sp³-hybridized carbons (Fsp3) is 0.480. The molecule has 0 aliphatic carbocycles. The number of nitrogens with one attached hydrogen (secondary N) is 1. The molecule has 4 aromatic heterocycles. The van der Waals surface area contributed by atoms with Crippen LogP contribution < -0.4 is 15.1 Å². The van der Waals surface area contributed by atoms with Gasteiger partial charge in [0.2, 0.25) is 0 Å². The second-order valence-electron chi connectivity index (χ2n) is 10.1. The van der Waals surface area contributed by atoms with Crippen LogP contribution in [0.1, 0.15) is 20.8 Å². The van der Waals surface area contributed by atoms with Crippen molar-refractivity contribution < 1.29 is 9.53 Å². The average molecular weight is 735 g/mol. The first-order valence-electron chi connectivity index (χ1n) is 12.7. The number of pyridine rings is 2. The van der Waals surface area contributed by atoms with Crippen LogP contribution in [0.25, 0.3) is 20.7 Å². The van der Waals surface area contributed by atoms with E-state index >= 15 is 0 Å². The van der Waals surface area contributed by atoms with E-state index in [1.165, 1.54) is 0 Å². The number of anilines is 2. The lowest BCUT2D eigenvalue weighted by molar-refractivity contribution is 0.0240. The number of hydrogen-bond acceptors (Lipinski definition) is 11. The Morgan fingerprint density at radius 2 is 1.27 bits per heavy atom. The van der Waals surface area contributed by atoms with Crippen LogP contribution in [0.4, 0.5) is 15.1 Å². The van der Waals surface area contributed by atoms with Gasteiger partial charge in [-0.15, -0.1) is 12.4 Å². The largest absolute Gasteiger partial charge is 0.444 e. The zero-order valence-corrected chi connectivity index (χ0v) is 28.0. The Balaban J connectivity index is 0.000000191. The van der Waals surface area contributed by atoms with E-state index in [4.69, 9.17) is 4.74 Å². The fourth-order valence-electron chi connectivity index (χ4n) is 4.10. The Labute approximate surface area is 264 Å². The van der Waals surface area contributed by atoms with Gasteiger partial charge in [0.25, 0.3) is 0 Å². The Morgan fingerprint density at radius 3 is 1.75 bits per heavy atom. The normalized spacial score (nSPS) is 16.0. The van der Waals surface area contributed by atoms with Gasteiger partial charge in [0.15, 0.2) is 10.3 Å². The van der Waals surface area contributed by atoms with E-state index in [0.29, 0.717) is 13.1 Å². The molecule has 2 aliphatic rings. The molecule has 6 heterocycles. The summed E-state index contributed by atoms with van der Waals surface area (Å²) in [5, 5.41) is 5.38. The van der Waals surface area contributed by atoms with E-state index in [1.54, 1.807) is 27.6 Å². The van der Waals surface area contributed by atoms with Gasteiger partial charge < -0.3 is 24.8 Å². The molecule has 15 heteroatoms. The Morgan fingerprint density at radius 1 is 0.800 bits per heavy atom. The Hall–Kier alpha value is -1.84. The van der Waals surface area contributed by atoms with Crippen LogP contribution in [0.2, 0.25) is 0 Å². The minimum absolute atomic E-state index is 0. The van der Waals surface area contributed by atoms with Gasteiger partial charge in [0.05, 0.1) is 0 Å². The predicted octanol–water partition coefficient (Wildman–Crippen LogP) is 5.80. The van der Waals surface area contributed by atoms with Gasteiger partial charge in [0, 0.05) is 52.4 Å². The summed E-state index contributed by atoms with van der Waals surface area (Å²) in [4.78, 5) is 38.4. The number of carbonyl (C=O) groups is 1. The van der Waals surface area contributed by atoms with E-state index in [2.05, 4.69) is 66.9 Å². The number of amides is 1. The van der Waals surface area contributed by atoms with E-state index in [9.17, 15) is 4.79 Å². The van der Waals surface area contributed by atoms with Crippen LogP contribution in [0.15, 0.2) is 33.5 Å². The molecule has 1 N–H and O–H groups in total. The molecule has 6 rings (SSSR count). The smallest absolute Gasteiger partial charge is 0.410 e. The van der Waals surface area contributed by atoms with Crippen molar-refractivity contribution >= 4 is 104 Å². The molecule has 4 aromatic rings. The van der Waals surface area contributed by atoms with Crippen molar-refractivity contribution in [2.24, 2.45) is 0 Å². The molecular weight excluding hydrogens is 704 g/mol. The number of piperazine rings is 2. The van der Waals surface area contributed by atoms with Crippen molar-refractivity contribution in [2.75, 3.05) is 62.2 Å². The summed E-state index contributed by atoms with van der Waals surface area (Å²) in [6, 6.07) is 7.80. The topological polar surface area (TPSA) is 99.6 Å². The number of rotatable bonds is 2. The minimum atomic E-state index is -0.458. The first-order chi connectivity index (χ1) is 18.6. The van der Waals surface area contributed by atoms with Crippen LogP contribution in [0.5, 0.6) is 0 Å². The lowest BCUT2D eigenvalue weighted by atomic mass is 10.2. The number of fused-ring (bicyclic) bond motifs is 2. The highest BCUT2D eigenvalue weighted by Gasteiger charge is 2.27. The number of carbonyl (C=O) groups excluding carboxylic acids is 1. The molecule has 0 bridgehead atoms. The van der Waals surface area contributed by atoms with Gasteiger partial charge in [0.1, 0.15) is 35.5 Å². The van der Waals surface area contributed by atoms with Crippen molar-refractivity contribution in [1.29, 1.82) is 0 Å². The van der Waals surface area contributed by atoms with Crippen molar-refractivity contribution in [3.05, 3.63) is 33.5 Å². The molecule has 0 aromatic carbocycles. The number of nitrogens with zero attached hydrogens (tertiary/aromatic N) is 7. The zero-order valence-electron chi connectivity index (χ0n) is 22.4. The third-order valence-electron chi connectivity index (χ3n) is 6.01. The molecule has 0 saturated carbocycles. The molecule has 2 saturated heterocycles. The minimum Gasteiger partial charge on any atom is -0.444 e. The van der Waals surface area contributed by atoms with Gasteiger partial charge in [-0.25, -0.2) is 24.7 Å². The predicted molar refractivity (Wildman–Crippen MR) is 173 cm³/mol. The summed E-state index contributed by atoms with van der Waals surface area (Å²) in [5.74, 6) is 0. The molecule has 0 atom stereocenters. The molecule has 0 radical (unpaired) electrons. The molecule has 1 amide bonds. The maximum absolute atomic E-state index is 12.1. The summed E-state index contributed by atoms with van der Waals surface area (Å²) in [7, 11) is 0. The third-order valence-corrected chi connectivity index (χ3v) is 8.94. The van der Waals surface area contributed by atoms with Crippen molar-refractivity contribution in [2.45, 2.75) is 26.4 Å². The molecule has 2 fully saturated rings. The average Bonchev–Trinajstić information content (AvgIpc) is 3.52. The van der Waals surface area contributed by atoms with Gasteiger partial charge in [-0.2, -0.15) is 0 Å². The van der Waals surface area contributed by atoms with E-state index < -0.39 is 5.60 Å². The van der Waals surface area contributed by atoms with Gasteiger partial charge in [-0.1, -0.05) is 22.7 Å².